The standard InChI is InChI=1S/C21H17NO4S/c1-27(25,26)22-18-12-17(21(24)16-9-5-4-8-15(16)18)20-14-7-3-2-6-13(14)10-11-19(20)23/h2-12,22-24H,1H3. The Kier molecular flexibility index (Phi) is 3.93. The van der Waals surface area contributed by atoms with Crippen molar-refractivity contribution >= 4 is 37.3 Å². The van der Waals surface area contributed by atoms with Gasteiger partial charge in [0.25, 0.3) is 0 Å². The molecule has 0 atom stereocenters. The minimum atomic E-state index is -3.53. The molecular weight excluding hydrogens is 362 g/mol. The summed E-state index contributed by atoms with van der Waals surface area (Å²) < 4.78 is 26.2. The molecule has 0 aliphatic rings. The molecule has 136 valence electrons. The van der Waals surface area contributed by atoms with Crippen molar-refractivity contribution in [2.45, 2.75) is 0 Å². The molecule has 4 aromatic rings. The number of rotatable bonds is 3. The molecule has 3 N–H and O–H groups in total. The normalized spacial score (nSPS) is 11.7. The van der Waals surface area contributed by atoms with Crippen LogP contribution in [0, 0.1) is 0 Å². The fraction of sp³-hybridized carbons (Fsp3) is 0.0476. The van der Waals surface area contributed by atoms with Crippen LogP contribution in [0.3, 0.4) is 0 Å². The van der Waals surface area contributed by atoms with Crippen molar-refractivity contribution in [3.05, 3.63) is 66.7 Å². The number of hydrogen-bond acceptors (Lipinski definition) is 4. The van der Waals surface area contributed by atoms with Gasteiger partial charge in [0.15, 0.2) is 0 Å². The lowest BCUT2D eigenvalue weighted by Gasteiger charge is -2.16. The summed E-state index contributed by atoms with van der Waals surface area (Å²) >= 11 is 0. The Morgan fingerprint density at radius 2 is 1.44 bits per heavy atom. The van der Waals surface area contributed by atoms with Gasteiger partial charge in [0.2, 0.25) is 10.0 Å². The summed E-state index contributed by atoms with van der Waals surface area (Å²) in [6.45, 7) is 0. The quantitative estimate of drug-likeness (QED) is 0.459. The van der Waals surface area contributed by atoms with Gasteiger partial charge in [-0.25, -0.2) is 8.42 Å². The topological polar surface area (TPSA) is 86.6 Å². The van der Waals surface area contributed by atoms with Crippen LogP contribution in [0.2, 0.25) is 0 Å². The zero-order chi connectivity index (χ0) is 19.2. The van der Waals surface area contributed by atoms with E-state index in [1.165, 1.54) is 0 Å². The molecule has 4 aromatic carbocycles. The molecular formula is C21H17NO4S. The maximum atomic E-state index is 11.8. The van der Waals surface area contributed by atoms with Gasteiger partial charge in [-0.2, -0.15) is 0 Å². The van der Waals surface area contributed by atoms with Crippen molar-refractivity contribution in [3.8, 4) is 22.6 Å². The highest BCUT2D eigenvalue weighted by molar-refractivity contribution is 7.92. The molecule has 0 saturated heterocycles. The van der Waals surface area contributed by atoms with Gasteiger partial charge in [0.05, 0.1) is 11.9 Å². The first-order valence-electron chi connectivity index (χ1n) is 8.29. The zero-order valence-electron chi connectivity index (χ0n) is 14.5. The highest BCUT2D eigenvalue weighted by Crippen LogP contribution is 2.45. The van der Waals surface area contributed by atoms with E-state index < -0.39 is 10.0 Å². The summed E-state index contributed by atoms with van der Waals surface area (Å²) in [4.78, 5) is 0. The predicted molar refractivity (Wildman–Crippen MR) is 109 cm³/mol. The molecule has 6 heteroatoms. The van der Waals surface area contributed by atoms with Crippen molar-refractivity contribution in [1.29, 1.82) is 0 Å². The molecule has 0 amide bonds. The average Bonchev–Trinajstić information content (AvgIpc) is 2.63. The van der Waals surface area contributed by atoms with Crippen molar-refractivity contribution in [2.75, 3.05) is 11.0 Å². The third-order valence-electron chi connectivity index (χ3n) is 4.49. The molecule has 0 heterocycles. The summed E-state index contributed by atoms with van der Waals surface area (Å²) in [5.74, 6) is -0.0131. The first-order chi connectivity index (χ1) is 12.8. The Morgan fingerprint density at radius 3 is 2.15 bits per heavy atom. The van der Waals surface area contributed by atoms with E-state index in [0.717, 1.165) is 17.0 Å². The minimum absolute atomic E-state index is 0.00425. The fourth-order valence-electron chi connectivity index (χ4n) is 3.38. The van der Waals surface area contributed by atoms with Gasteiger partial charge in [-0.15, -0.1) is 0 Å². The number of phenols is 2. The zero-order valence-corrected chi connectivity index (χ0v) is 15.3. The van der Waals surface area contributed by atoms with Gasteiger partial charge >= 0.3 is 0 Å². The highest BCUT2D eigenvalue weighted by atomic mass is 32.2. The minimum Gasteiger partial charge on any atom is -0.507 e. The van der Waals surface area contributed by atoms with Crippen LogP contribution < -0.4 is 4.72 Å². The summed E-state index contributed by atoms with van der Waals surface area (Å²) in [5, 5.41) is 24.2. The molecule has 0 bridgehead atoms. The summed E-state index contributed by atoms with van der Waals surface area (Å²) in [6, 6.07) is 19.4. The van der Waals surface area contributed by atoms with Crippen LogP contribution in [0.1, 0.15) is 0 Å². The largest absolute Gasteiger partial charge is 0.507 e. The highest BCUT2D eigenvalue weighted by Gasteiger charge is 2.19. The Morgan fingerprint density at radius 1 is 0.815 bits per heavy atom. The molecule has 0 radical (unpaired) electrons. The maximum absolute atomic E-state index is 11.8. The van der Waals surface area contributed by atoms with E-state index in [1.807, 2.05) is 24.3 Å². The van der Waals surface area contributed by atoms with Crippen LogP contribution in [0.5, 0.6) is 11.5 Å². The molecule has 0 aromatic heterocycles. The summed E-state index contributed by atoms with van der Waals surface area (Å²) in [6.07, 6.45) is 1.07. The SMILES string of the molecule is CS(=O)(=O)Nc1cc(-c2c(O)ccc3ccccc23)c(O)c2ccccc12. The smallest absolute Gasteiger partial charge is 0.229 e. The Labute approximate surface area is 156 Å². The number of sulfonamides is 1. The first-order valence-corrected chi connectivity index (χ1v) is 10.2. The van der Waals surface area contributed by atoms with Gasteiger partial charge in [0, 0.05) is 21.9 Å². The number of benzene rings is 4. The van der Waals surface area contributed by atoms with Crippen molar-refractivity contribution in [2.24, 2.45) is 0 Å². The van der Waals surface area contributed by atoms with Crippen LogP contribution in [0.4, 0.5) is 5.69 Å². The lowest BCUT2D eigenvalue weighted by molar-refractivity contribution is 0.472. The van der Waals surface area contributed by atoms with E-state index in [2.05, 4.69) is 4.72 Å². The van der Waals surface area contributed by atoms with Crippen LogP contribution in [-0.2, 0) is 10.0 Å². The van der Waals surface area contributed by atoms with Crippen molar-refractivity contribution < 1.29 is 18.6 Å². The second kappa shape index (κ2) is 6.17. The fourth-order valence-corrected chi connectivity index (χ4v) is 3.95. The molecule has 4 rings (SSSR count). The van der Waals surface area contributed by atoms with E-state index in [0.29, 0.717) is 27.6 Å². The van der Waals surface area contributed by atoms with Gasteiger partial charge in [-0.05, 0) is 22.9 Å². The van der Waals surface area contributed by atoms with Crippen LogP contribution in [-0.4, -0.2) is 24.9 Å². The van der Waals surface area contributed by atoms with E-state index in [-0.39, 0.29) is 11.5 Å². The third-order valence-corrected chi connectivity index (χ3v) is 5.08. The number of fused-ring (bicyclic) bond motifs is 2. The molecule has 27 heavy (non-hydrogen) atoms. The molecule has 0 spiro atoms. The number of aromatic hydroxyl groups is 2. The molecule has 0 unspecified atom stereocenters. The van der Waals surface area contributed by atoms with Crippen LogP contribution in [0.25, 0.3) is 32.7 Å². The van der Waals surface area contributed by atoms with Crippen molar-refractivity contribution in [3.63, 3.8) is 0 Å². The summed E-state index contributed by atoms with van der Waals surface area (Å²) in [5.41, 5.74) is 1.15. The van der Waals surface area contributed by atoms with E-state index in [1.54, 1.807) is 42.5 Å². The maximum Gasteiger partial charge on any atom is 0.229 e. The van der Waals surface area contributed by atoms with E-state index >= 15 is 0 Å². The molecule has 0 aliphatic carbocycles. The van der Waals surface area contributed by atoms with E-state index in [4.69, 9.17) is 0 Å². The number of nitrogens with one attached hydrogen (secondary N) is 1. The Balaban J connectivity index is 2.12. The molecule has 5 nitrogen and oxygen atoms in total. The lowest BCUT2D eigenvalue weighted by atomic mass is 9.93. The number of phenolic OH excluding ortho intramolecular Hbond substituents is 2. The second-order valence-corrected chi connectivity index (χ2v) is 8.17. The average molecular weight is 379 g/mol. The van der Waals surface area contributed by atoms with Crippen LogP contribution >= 0.6 is 0 Å². The molecule has 0 fully saturated rings. The van der Waals surface area contributed by atoms with Crippen LogP contribution in [0.15, 0.2) is 66.7 Å². The van der Waals surface area contributed by atoms with Gasteiger partial charge in [-0.3, -0.25) is 4.72 Å². The van der Waals surface area contributed by atoms with E-state index in [9.17, 15) is 18.6 Å². The van der Waals surface area contributed by atoms with Gasteiger partial charge in [-0.1, -0.05) is 54.6 Å². The second-order valence-electron chi connectivity index (χ2n) is 6.42. The lowest BCUT2D eigenvalue weighted by Crippen LogP contribution is -2.10. The Bertz CT molecular complexity index is 1300. The monoisotopic (exact) mass is 379 g/mol. The Hall–Kier alpha value is -3.25. The first kappa shape index (κ1) is 17.2. The molecule has 0 aliphatic heterocycles. The van der Waals surface area contributed by atoms with Gasteiger partial charge < -0.3 is 10.2 Å². The van der Waals surface area contributed by atoms with Crippen molar-refractivity contribution in [1.82, 2.24) is 0 Å². The van der Waals surface area contributed by atoms with Gasteiger partial charge in [0.1, 0.15) is 11.5 Å². The summed E-state index contributed by atoms with van der Waals surface area (Å²) in [7, 11) is -3.53. The number of hydrogen-bond donors (Lipinski definition) is 3. The molecule has 0 saturated carbocycles. The predicted octanol–water partition coefficient (Wildman–Crippen LogP) is 4.44. The third kappa shape index (κ3) is 3.04. The number of anilines is 1.